The second kappa shape index (κ2) is 4.56. The summed E-state index contributed by atoms with van der Waals surface area (Å²) in [6.07, 6.45) is 0. The molecule has 0 radical (unpaired) electrons. The topological polar surface area (TPSA) is 54.6 Å². The van der Waals surface area contributed by atoms with Gasteiger partial charge in [-0.1, -0.05) is 30.3 Å². The molecule has 1 N–H and O–H groups in total. The van der Waals surface area contributed by atoms with E-state index >= 15 is 0 Å². The SMILES string of the molecule is CCn1c(O)c(C2=Nc3ccccc3C2=O)c2ccccc21. The minimum absolute atomic E-state index is 0.101. The van der Waals surface area contributed by atoms with Gasteiger partial charge in [0.1, 0.15) is 5.71 Å². The molecule has 0 saturated heterocycles. The number of aliphatic imine (C=N–C) groups is 1. The third-order valence-corrected chi connectivity index (χ3v) is 4.09. The zero-order valence-electron chi connectivity index (χ0n) is 12.1. The van der Waals surface area contributed by atoms with Gasteiger partial charge in [0.15, 0.2) is 0 Å². The molecule has 0 bridgehead atoms. The van der Waals surface area contributed by atoms with Crippen molar-refractivity contribution in [3.63, 3.8) is 0 Å². The van der Waals surface area contributed by atoms with E-state index in [0.29, 0.717) is 29.1 Å². The molecule has 4 rings (SSSR count). The van der Waals surface area contributed by atoms with Crippen molar-refractivity contribution in [2.24, 2.45) is 4.99 Å². The Kier molecular flexibility index (Phi) is 2.66. The highest BCUT2D eigenvalue weighted by atomic mass is 16.3. The fraction of sp³-hybridized carbons (Fsp3) is 0.111. The molecule has 1 aromatic heterocycles. The molecular weight excluding hydrogens is 276 g/mol. The molecule has 108 valence electrons. The van der Waals surface area contributed by atoms with E-state index in [2.05, 4.69) is 4.99 Å². The molecule has 3 aromatic rings. The van der Waals surface area contributed by atoms with Crippen LogP contribution >= 0.6 is 0 Å². The molecule has 1 aliphatic heterocycles. The number of carbonyl (C=O) groups is 1. The van der Waals surface area contributed by atoms with E-state index in [1.54, 1.807) is 10.6 Å². The van der Waals surface area contributed by atoms with Crippen molar-refractivity contribution in [1.82, 2.24) is 4.57 Å². The van der Waals surface area contributed by atoms with Crippen LogP contribution in [0.15, 0.2) is 53.5 Å². The number of rotatable bonds is 2. The van der Waals surface area contributed by atoms with Crippen LogP contribution in [0.1, 0.15) is 22.8 Å². The van der Waals surface area contributed by atoms with Crippen LogP contribution in [-0.2, 0) is 6.54 Å². The quantitative estimate of drug-likeness (QED) is 0.782. The van der Waals surface area contributed by atoms with E-state index in [1.807, 2.05) is 49.4 Å². The van der Waals surface area contributed by atoms with Gasteiger partial charge in [0.05, 0.1) is 16.8 Å². The van der Waals surface area contributed by atoms with E-state index in [-0.39, 0.29) is 11.7 Å². The van der Waals surface area contributed by atoms with E-state index in [1.165, 1.54) is 0 Å². The molecule has 0 atom stereocenters. The van der Waals surface area contributed by atoms with Crippen LogP contribution in [0, 0.1) is 0 Å². The van der Waals surface area contributed by atoms with Crippen molar-refractivity contribution < 1.29 is 9.90 Å². The number of hydrogen-bond acceptors (Lipinski definition) is 3. The number of fused-ring (bicyclic) bond motifs is 2. The van der Waals surface area contributed by atoms with Crippen molar-refractivity contribution in [3.05, 3.63) is 59.7 Å². The largest absolute Gasteiger partial charge is 0.494 e. The first-order valence-corrected chi connectivity index (χ1v) is 7.25. The van der Waals surface area contributed by atoms with Crippen molar-refractivity contribution in [2.45, 2.75) is 13.5 Å². The lowest BCUT2D eigenvalue weighted by Gasteiger charge is -2.02. The van der Waals surface area contributed by atoms with Crippen molar-refractivity contribution >= 4 is 28.1 Å². The summed E-state index contributed by atoms with van der Waals surface area (Å²) in [4.78, 5) is 17.1. The molecular formula is C18H14N2O2. The third-order valence-electron chi connectivity index (χ3n) is 4.09. The van der Waals surface area contributed by atoms with Crippen molar-refractivity contribution in [2.75, 3.05) is 0 Å². The van der Waals surface area contributed by atoms with Gasteiger partial charge in [0, 0.05) is 17.5 Å². The Morgan fingerprint density at radius 1 is 1.09 bits per heavy atom. The van der Waals surface area contributed by atoms with E-state index in [9.17, 15) is 9.90 Å². The van der Waals surface area contributed by atoms with Gasteiger partial charge in [0.2, 0.25) is 11.7 Å². The fourth-order valence-corrected chi connectivity index (χ4v) is 3.07. The van der Waals surface area contributed by atoms with Gasteiger partial charge >= 0.3 is 0 Å². The Bertz CT molecular complexity index is 951. The molecule has 4 nitrogen and oxygen atoms in total. The number of hydrogen-bond donors (Lipinski definition) is 1. The summed E-state index contributed by atoms with van der Waals surface area (Å²) in [5.74, 6) is -0.0338. The number of aryl methyl sites for hydroxylation is 1. The number of aromatic nitrogens is 1. The molecule has 22 heavy (non-hydrogen) atoms. The van der Waals surface area contributed by atoms with E-state index in [0.717, 1.165) is 10.9 Å². The maximum Gasteiger partial charge on any atom is 0.214 e. The summed E-state index contributed by atoms with van der Waals surface area (Å²) >= 11 is 0. The third kappa shape index (κ3) is 1.58. The van der Waals surface area contributed by atoms with Gasteiger partial charge in [-0.3, -0.25) is 4.79 Å². The van der Waals surface area contributed by atoms with Gasteiger partial charge in [-0.15, -0.1) is 0 Å². The maximum absolute atomic E-state index is 12.6. The van der Waals surface area contributed by atoms with Crippen LogP contribution in [0.3, 0.4) is 0 Å². The van der Waals surface area contributed by atoms with Crippen molar-refractivity contribution in [3.8, 4) is 5.88 Å². The lowest BCUT2D eigenvalue weighted by molar-refractivity contribution is 0.107. The van der Waals surface area contributed by atoms with E-state index in [4.69, 9.17) is 0 Å². The molecule has 2 aromatic carbocycles. The second-order valence-corrected chi connectivity index (χ2v) is 5.27. The summed E-state index contributed by atoms with van der Waals surface area (Å²) in [5.41, 5.74) is 3.00. The standard InChI is InChI=1S/C18H14N2O2/c1-2-20-14-10-6-4-8-12(14)15(18(20)22)16-17(21)11-7-3-5-9-13(11)19-16/h3-10,22H,2H2,1H3. The highest BCUT2D eigenvalue weighted by molar-refractivity contribution is 6.56. The van der Waals surface area contributed by atoms with Gasteiger partial charge in [-0.25, -0.2) is 4.99 Å². The molecule has 0 unspecified atom stereocenters. The lowest BCUT2D eigenvalue weighted by Crippen LogP contribution is -2.11. The van der Waals surface area contributed by atoms with Crippen LogP contribution in [0.25, 0.3) is 10.9 Å². The summed E-state index contributed by atoms with van der Waals surface area (Å²) in [5, 5.41) is 11.4. The van der Waals surface area contributed by atoms with Gasteiger partial charge in [0.25, 0.3) is 0 Å². The molecule has 0 fully saturated rings. The monoisotopic (exact) mass is 290 g/mol. The first-order valence-electron chi connectivity index (χ1n) is 7.25. The number of aromatic hydroxyl groups is 1. The van der Waals surface area contributed by atoms with E-state index < -0.39 is 0 Å². The molecule has 4 heteroatoms. The highest BCUT2D eigenvalue weighted by Gasteiger charge is 2.30. The Labute approximate surface area is 127 Å². The van der Waals surface area contributed by atoms with Crippen LogP contribution in [-0.4, -0.2) is 21.2 Å². The lowest BCUT2D eigenvalue weighted by atomic mass is 10.0. The Morgan fingerprint density at radius 2 is 1.82 bits per heavy atom. The number of ketones is 1. The van der Waals surface area contributed by atoms with Crippen LogP contribution in [0.2, 0.25) is 0 Å². The Morgan fingerprint density at radius 3 is 2.59 bits per heavy atom. The summed E-state index contributed by atoms with van der Waals surface area (Å²) in [7, 11) is 0. The normalized spacial score (nSPS) is 13.5. The molecule has 0 saturated carbocycles. The number of nitrogens with zero attached hydrogens (tertiary/aromatic N) is 2. The molecule has 0 amide bonds. The summed E-state index contributed by atoms with van der Waals surface area (Å²) < 4.78 is 1.80. The van der Waals surface area contributed by atoms with Crippen LogP contribution in [0.4, 0.5) is 5.69 Å². The van der Waals surface area contributed by atoms with Crippen molar-refractivity contribution in [1.29, 1.82) is 0 Å². The predicted octanol–water partition coefficient (Wildman–Crippen LogP) is 3.68. The molecule has 2 heterocycles. The van der Waals surface area contributed by atoms with Gasteiger partial charge in [-0.05, 0) is 25.1 Å². The zero-order chi connectivity index (χ0) is 15.3. The average molecular weight is 290 g/mol. The molecule has 0 spiro atoms. The molecule has 0 aliphatic carbocycles. The van der Waals surface area contributed by atoms with Gasteiger partial charge < -0.3 is 9.67 Å². The van der Waals surface area contributed by atoms with Crippen LogP contribution < -0.4 is 0 Å². The maximum atomic E-state index is 12.6. The first kappa shape index (κ1) is 12.8. The first-order chi connectivity index (χ1) is 10.7. The predicted molar refractivity (Wildman–Crippen MR) is 86.2 cm³/mol. The summed E-state index contributed by atoms with van der Waals surface area (Å²) in [6.45, 7) is 2.59. The fourth-order valence-electron chi connectivity index (χ4n) is 3.07. The highest BCUT2D eigenvalue weighted by Crippen LogP contribution is 2.37. The number of Topliss-reactive ketones (excluding diaryl/α,β-unsaturated/α-hetero) is 1. The average Bonchev–Trinajstić information content (AvgIpc) is 3.01. The minimum Gasteiger partial charge on any atom is -0.494 e. The van der Waals surface area contributed by atoms with Crippen LogP contribution in [0.5, 0.6) is 5.88 Å². The Hall–Kier alpha value is -2.88. The Balaban J connectivity index is 2.01. The smallest absolute Gasteiger partial charge is 0.214 e. The zero-order valence-corrected chi connectivity index (χ0v) is 12.1. The number of para-hydroxylation sites is 2. The minimum atomic E-state index is -0.134. The number of carbonyl (C=O) groups excluding carboxylic acids is 1. The van der Waals surface area contributed by atoms with Gasteiger partial charge in [-0.2, -0.15) is 0 Å². The summed E-state index contributed by atoms with van der Waals surface area (Å²) in [6, 6.07) is 14.9. The second-order valence-electron chi connectivity index (χ2n) is 5.27. The molecule has 1 aliphatic rings. The number of benzene rings is 2.